The van der Waals surface area contributed by atoms with Crippen molar-refractivity contribution in [1.82, 2.24) is 0 Å². The molecule has 0 spiro atoms. The van der Waals surface area contributed by atoms with Crippen LogP contribution in [0.4, 0.5) is 0 Å². The molecule has 0 rings (SSSR count). The Kier molecular flexibility index (Phi) is 4.80. The molecule has 0 fully saturated rings. The van der Waals surface area contributed by atoms with E-state index >= 15 is 0 Å². The lowest BCUT2D eigenvalue weighted by Gasteiger charge is -2.06. The third kappa shape index (κ3) is 3.42. The molecule has 0 amide bonds. The minimum Gasteiger partial charge on any atom is -0.223 e. The molecule has 0 aromatic rings. The van der Waals surface area contributed by atoms with Gasteiger partial charge in [-0.3, -0.25) is 0 Å². The number of sulfone groups is 2. The molecule has 0 bridgehead atoms. The van der Waals surface area contributed by atoms with Crippen LogP contribution in [0, 0.1) is 0 Å². The molecule has 0 saturated heterocycles. The van der Waals surface area contributed by atoms with Crippen LogP contribution < -0.4 is 0 Å². The molecule has 0 N–H and O–H groups in total. The van der Waals surface area contributed by atoms with Crippen LogP contribution in [0.2, 0.25) is 0 Å². The Morgan fingerprint density at radius 1 is 0.929 bits per heavy atom. The first kappa shape index (κ1) is 13.6. The molecular weight excluding hydrogens is 224 g/mol. The topological polar surface area (TPSA) is 68.3 Å². The van der Waals surface area contributed by atoms with Gasteiger partial charge in [-0.25, -0.2) is 16.8 Å². The molecule has 14 heavy (non-hydrogen) atoms. The first-order valence-electron chi connectivity index (χ1n) is 4.42. The van der Waals surface area contributed by atoms with Crippen LogP contribution in [0.3, 0.4) is 0 Å². The van der Waals surface area contributed by atoms with E-state index in [2.05, 4.69) is 6.58 Å². The SMILES string of the molecule is C=C(S(=O)(=O)CCC)S(=O)(=O)CCC. The Labute approximate surface area is 85.9 Å². The van der Waals surface area contributed by atoms with Gasteiger partial charge in [0, 0.05) is 0 Å². The fraction of sp³-hybridized carbons (Fsp3) is 0.750. The van der Waals surface area contributed by atoms with Crippen LogP contribution >= 0.6 is 0 Å². The van der Waals surface area contributed by atoms with Crippen LogP contribution in [-0.4, -0.2) is 28.3 Å². The van der Waals surface area contributed by atoms with Crippen LogP contribution in [-0.2, 0) is 19.7 Å². The Bertz CT molecular complexity index is 351. The first-order chi connectivity index (χ1) is 6.28. The molecule has 0 unspecified atom stereocenters. The molecule has 0 aromatic heterocycles. The minimum absolute atomic E-state index is 0.158. The maximum Gasteiger partial charge on any atom is 0.188 e. The van der Waals surface area contributed by atoms with Crippen molar-refractivity contribution in [3.05, 3.63) is 10.8 Å². The Morgan fingerprint density at radius 2 is 1.21 bits per heavy atom. The van der Waals surface area contributed by atoms with Gasteiger partial charge in [-0.05, 0) is 12.8 Å². The highest BCUT2D eigenvalue weighted by atomic mass is 32.3. The van der Waals surface area contributed by atoms with Gasteiger partial charge >= 0.3 is 0 Å². The summed E-state index contributed by atoms with van der Waals surface area (Å²) < 4.78 is 44.9. The van der Waals surface area contributed by atoms with E-state index in [9.17, 15) is 16.8 Å². The monoisotopic (exact) mass is 240 g/mol. The molecule has 0 saturated carbocycles. The van der Waals surface area contributed by atoms with Crippen molar-refractivity contribution in [2.45, 2.75) is 26.7 Å². The second-order valence-corrected chi connectivity index (χ2v) is 7.53. The molecule has 0 aliphatic rings. The van der Waals surface area contributed by atoms with E-state index in [0.717, 1.165) is 0 Å². The summed E-state index contributed by atoms with van der Waals surface area (Å²) in [6, 6.07) is 0. The Hall–Kier alpha value is -0.360. The zero-order valence-electron chi connectivity index (χ0n) is 8.49. The normalized spacial score (nSPS) is 12.7. The predicted octanol–water partition coefficient (Wildman–Crippen LogP) is 1.11. The smallest absolute Gasteiger partial charge is 0.188 e. The van der Waals surface area contributed by atoms with Gasteiger partial charge in [-0.15, -0.1) is 0 Å². The molecule has 0 heterocycles. The van der Waals surface area contributed by atoms with Gasteiger partial charge < -0.3 is 0 Å². The van der Waals surface area contributed by atoms with Crippen molar-refractivity contribution in [3.63, 3.8) is 0 Å². The summed E-state index contributed by atoms with van der Waals surface area (Å²) in [6.45, 7) is 6.52. The van der Waals surface area contributed by atoms with Crippen LogP contribution in [0.5, 0.6) is 0 Å². The van der Waals surface area contributed by atoms with Crippen molar-refractivity contribution in [2.75, 3.05) is 11.5 Å². The van der Waals surface area contributed by atoms with E-state index in [1.54, 1.807) is 13.8 Å². The van der Waals surface area contributed by atoms with Crippen molar-refractivity contribution in [1.29, 1.82) is 0 Å². The van der Waals surface area contributed by atoms with Gasteiger partial charge in [0.1, 0.15) is 0 Å². The lowest BCUT2D eigenvalue weighted by Crippen LogP contribution is -2.18. The third-order valence-corrected chi connectivity index (χ3v) is 6.44. The molecule has 4 nitrogen and oxygen atoms in total. The molecule has 0 aromatic carbocycles. The van der Waals surface area contributed by atoms with Crippen LogP contribution in [0.1, 0.15) is 26.7 Å². The maximum atomic E-state index is 11.4. The van der Waals surface area contributed by atoms with E-state index in [-0.39, 0.29) is 11.5 Å². The van der Waals surface area contributed by atoms with Crippen molar-refractivity contribution >= 4 is 19.7 Å². The van der Waals surface area contributed by atoms with Crippen molar-refractivity contribution in [3.8, 4) is 0 Å². The quantitative estimate of drug-likeness (QED) is 0.697. The predicted molar refractivity (Wildman–Crippen MR) is 57.3 cm³/mol. The minimum atomic E-state index is -3.67. The van der Waals surface area contributed by atoms with Crippen LogP contribution in [0.25, 0.3) is 0 Å². The van der Waals surface area contributed by atoms with Crippen molar-refractivity contribution in [2.24, 2.45) is 0 Å². The van der Waals surface area contributed by atoms with Gasteiger partial charge in [-0.1, -0.05) is 20.4 Å². The highest BCUT2D eigenvalue weighted by Gasteiger charge is 2.26. The summed E-state index contributed by atoms with van der Waals surface area (Å²) >= 11 is 0. The second kappa shape index (κ2) is 4.93. The highest BCUT2D eigenvalue weighted by Crippen LogP contribution is 2.15. The zero-order valence-corrected chi connectivity index (χ0v) is 10.1. The summed E-state index contributed by atoms with van der Waals surface area (Å²) in [4.78, 5) is 0. The van der Waals surface area contributed by atoms with E-state index in [1.165, 1.54) is 0 Å². The molecule has 0 aliphatic carbocycles. The lowest BCUT2D eigenvalue weighted by atomic mass is 10.6. The van der Waals surface area contributed by atoms with E-state index in [0.29, 0.717) is 12.8 Å². The number of hydrogen-bond acceptors (Lipinski definition) is 4. The van der Waals surface area contributed by atoms with Crippen molar-refractivity contribution < 1.29 is 16.8 Å². The Morgan fingerprint density at radius 3 is 1.43 bits per heavy atom. The van der Waals surface area contributed by atoms with Gasteiger partial charge in [0.05, 0.1) is 11.5 Å². The summed E-state index contributed by atoms with van der Waals surface area (Å²) in [5.41, 5.74) is 0. The number of hydrogen-bond donors (Lipinski definition) is 0. The fourth-order valence-corrected chi connectivity index (χ4v) is 4.54. The largest absolute Gasteiger partial charge is 0.223 e. The van der Waals surface area contributed by atoms with Gasteiger partial charge in [0.2, 0.25) is 0 Å². The summed E-state index contributed by atoms with van der Waals surface area (Å²) in [6.07, 6.45) is 0.784. The fourth-order valence-electron chi connectivity index (χ4n) is 0.959. The third-order valence-electron chi connectivity index (χ3n) is 1.64. The maximum absolute atomic E-state index is 11.4. The second-order valence-electron chi connectivity index (χ2n) is 3.01. The summed E-state index contributed by atoms with van der Waals surface area (Å²) in [5.74, 6) is -0.316. The lowest BCUT2D eigenvalue weighted by molar-refractivity contribution is 0.594. The van der Waals surface area contributed by atoms with Gasteiger partial charge in [0.25, 0.3) is 0 Å². The molecule has 6 heteroatoms. The van der Waals surface area contributed by atoms with E-state index < -0.39 is 23.9 Å². The average Bonchev–Trinajstić information content (AvgIpc) is 2.02. The van der Waals surface area contributed by atoms with E-state index in [4.69, 9.17) is 0 Å². The highest BCUT2D eigenvalue weighted by molar-refractivity contribution is 8.14. The Balaban J connectivity index is 4.98. The molecular formula is C8H16O4S2. The van der Waals surface area contributed by atoms with Crippen LogP contribution in [0.15, 0.2) is 10.8 Å². The molecule has 0 atom stereocenters. The molecule has 0 aliphatic heterocycles. The van der Waals surface area contributed by atoms with Gasteiger partial charge in [0.15, 0.2) is 23.9 Å². The molecule has 84 valence electrons. The molecule has 0 radical (unpaired) electrons. The summed E-state index contributed by atoms with van der Waals surface area (Å²) in [5, 5.41) is 0. The standard InChI is InChI=1S/C8H16O4S2/c1-4-6-13(9,10)8(3)14(11,12)7-5-2/h3-7H2,1-2H3. The zero-order chi connectivity index (χ0) is 11.4. The summed E-state index contributed by atoms with van der Waals surface area (Å²) in [7, 11) is -7.35. The number of rotatable bonds is 6. The van der Waals surface area contributed by atoms with Gasteiger partial charge in [-0.2, -0.15) is 0 Å². The first-order valence-corrected chi connectivity index (χ1v) is 7.72. The van der Waals surface area contributed by atoms with E-state index in [1.807, 2.05) is 0 Å². The average molecular weight is 240 g/mol.